The molecule has 1 aliphatic rings. The summed E-state index contributed by atoms with van der Waals surface area (Å²) < 4.78 is 32.1. The molecule has 100 valence electrons. The van der Waals surface area contributed by atoms with Crippen LogP contribution in [0.3, 0.4) is 0 Å². The molecule has 2 atom stereocenters. The molecule has 0 aliphatic carbocycles. The van der Waals surface area contributed by atoms with Crippen molar-refractivity contribution in [3.05, 3.63) is 35.4 Å². The zero-order chi connectivity index (χ0) is 13.0. The standard InChI is InChI=1S/C14H19F2NO/c15-11-4-5-14(16)10(7-11)8-12(17)9-13-3-1-2-6-18-13/h4-5,7,12-13H,1-3,6,8-9,17H2. The van der Waals surface area contributed by atoms with E-state index < -0.39 is 11.6 Å². The van der Waals surface area contributed by atoms with E-state index in [2.05, 4.69) is 0 Å². The predicted molar refractivity (Wildman–Crippen MR) is 66.2 cm³/mol. The maximum absolute atomic E-state index is 13.5. The Kier molecular flexibility index (Phi) is 4.66. The van der Waals surface area contributed by atoms with E-state index in [0.29, 0.717) is 18.4 Å². The lowest BCUT2D eigenvalue weighted by molar-refractivity contribution is 0.00743. The van der Waals surface area contributed by atoms with Gasteiger partial charge in [0.05, 0.1) is 6.10 Å². The van der Waals surface area contributed by atoms with E-state index in [1.54, 1.807) is 0 Å². The van der Waals surface area contributed by atoms with Gasteiger partial charge in [-0.2, -0.15) is 0 Å². The third kappa shape index (κ3) is 3.75. The van der Waals surface area contributed by atoms with Crippen molar-refractivity contribution in [3.63, 3.8) is 0 Å². The monoisotopic (exact) mass is 255 g/mol. The fraction of sp³-hybridized carbons (Fsp3) is 0.571. The van der Waals surface area contributed by atoms with Gasteiger partial charge in [0.25, 0.3) is 0 Å². The van der Waals surface area contributed by atoms with E-state index in [9.17, 15) is 8.78 Å². The van der Waals surface area contributed by atoms with Crippen molar-refractivity contribution in [2.45, 2.75) is 44.2 Å². The van der Waals surface area contributed by atoms with Crippen molar-refractivity contribution >= 4 is 0 Å². The van der Waals surface area contributed by atoms with Crippen LogP contribution in [0.15, 0.2) is 18.2 Å². The average Bonchev–Trinajstić information content (AvgIpc) is 2.35. The van der Waals surface area contributed by atoms with E-state index in [-0.39, 0.29) is 12.1 Å². The van der Waals surface area contributed by atoms with Gasteiger partial charge in [-0.3, -0.25) is 0 Å². The highest BCUT2D eigenvalue weighted by molar-refractivity contribution is 5.19. The summed E-state index contributed by atoms with van der Waals surface area (Å²) in [6.07, 6.45) is 4.50. The summed E-state index contributed by atoms with van der Waals surface area (Å²) in [5, 5.41) is 0. The smallest absolute Gasteiger partial charge is 0.126 e. The molecule has 0 bridgehead atoms. The highest BCUT2D eigenvalue weighted by Crippen LogP contribution is 2.19. The Bertz CT molecular complexity index is 391. The average molecular weight is 255 g/mol. The molecule has 2 N–H and O–H groups in total. The predicted octanol–water partition coefficient (Wildman–Crippen LogP) is 2.79. The van der Waals surface area contributed by atoms with E-state index in [1.165, 1.54) is 6.07 Å². The van der Waals surface area contributed by atoms with Gasteiger partial charge in [-0.05, 0) is 55.9 Å². The number of halogens is 2. The number of rotatable bonds is 4. The first-order chi connectivity index (χ1) is 8.65. The summed E-state index contributed by atoms with van der Waals surface area (Å²) in [5.41, 5.74) is 6.33. The lowest BCUT2D eigenvalue weighted by Gasteiger charge is -2.25. The van der Waals surface area contributed by atoms with Gasteiger partial charge in [0.15, 0.2) is 0 Å². The third-order valence-corrected chi connectivity index (χ3v) is 3.33. The van der Waals surface area contributed by atoms with E-state index in [1.807, 2.05) is 0 Å². The molecule has 1 fully saturated rings. The Morgan fingerprint density at radius 1 is 1.33 bits per heavy atom. The van der Waals surface area contributed by atoms with E-state index in [0.717, 1.165) is 38.0 Å². The number of ether oxygens (including phenoxy) is 1. The first kappa shape index (κ1) is 13.4. The van der Waals surface area contributed by atoms with Crippen LogP contribution in [-0.4, -0.2) is 18.8 Å². The molecule has 2 nitrogen and oxygen atoms in total. The number of hydrogen-bond donors (Lipinski definition) is 1. The fourth-order valence-corrected chi connectivity index (χ4v) is 2.40. The van der Waals surface area contributed by atoms with Crippen molar-refractivity contribution < 1.29 is 13.5 Å². The molecule has 2 rings (SSSR count). The van der Waals surface area contributed by atoms with Gasteiger partial charge in [0.1, 0.15) is 11.6 Å². The first-order valence-corrected chi connectivity index (χ1v) is 6.46. The van der Waals surface area contributed by atoms with Gasteiger partial charge in [0.2, 0.25) is 0 Å². The summed E-state index contributed by atoms with van der Waals surface area (Å²) >= 11 is 0. The van der Waals surface area contributed by atoms with Crippen molar-refractivity contribution in [1.82, 2.24) is 0 Å². The Morgan fingerprint density at radius 3 is 2.89 bits per heavy atom. The molecule has 0 radical (unpaired) electrons. The summed E-state index contributed by atoms with van der Waals surface area (Å²) in [4.78, 5) is 0. The largest absolute Gasteiger partial charge is 0.378 e. The van der Waals surface area contributed by atoms with Gasteiger partial charge >= 0.3 is 0 Å². The maximum atomic E-state index is 13.5. The van der Waals surface area contributed by atoms with Crippen LogP contribution in [0.25, 0.3) is 0 Å². The zero-order valence-corrected chi connectivity index (χ0v) is 10.4. The zero-order valence-electron chi connectivity index (χ0n) is 10.4. The number of benzene rings is 1. The lowest BCUT2D eigenvalue weighted by atomic mass is 9.97. The molecule has 1 saturated heterocycles. The molecule has 0 aromatic heterocycles. The van der Waals surface area contributed by atoms with Crippen molar-refractivity contribution in [1.29, 1.82) is 0 Å². The lowest BCUT2D eigenvalue weighted by Crippen LogP contribution is -2.31. The topological polar surface area (TPSA) is 35.2 Å². The van der Waals surface area contributed by atoms with Crippen molar-refractivity contribution in [2.24, 2.45) is 5.73 Å². The summed E-state index contributed by atoms with van der Waals surface area (Å²) in [6, 6.07) is 3.30. The summed E-state index contributed by atoms with van der Waals surface area (Å²) in [5.74, 6) is -0.816. The van der Waals surface area contributed by atoms with E-state index in [4.69, 9.17) is 10.5 Å². The molecule has 1 aromatic carbocycles. The number of nitrogens with two attached hydrogens (primary N) is 1. The highest BCUT2D eigenvalue weighted by Gasteiger charge is 2.18. The van der Waals surface area contributed by atoms with Crippen LogP contribution >= 0.6 is 0 Å². The first-order valence-electron chi connectivity index (χ1n) is 6.46. The number of hydrogen-bond acceptors (Lipinski definition) is 2. The van der Waals surface area contributed by atoms with Crippen LogP contribution in [0.2, 0.25) is 0 Å². The van der Waals surface area contributed by atoms with E-state index >= 15 is 0 Å². The molecule has 0 spiro atoms. The summed E-state index contributed by atoms with van der Waals surface area (Å²) in [6.45, 7) is 0.783. The Morgan fingerprint density at radius 2 is 2.17 bits per heavy atom. The minimum atomic E-state index is -0.424. The second-order valence-electron chi connectivity index (χ2n) is 4.92. The molecule has 1 heterocycles. The van der Waals surface area contributed by atoms with Crippen molar-refractivity contribution in [3.8, 4) is 0 Å². The Balaban J connectivity index is 1.89. The fourth-order valence-electron chi connectivity index (χ4n) is 2.40. The minimum Gasteiger partial charge on any atom is -0.378 e. The van der Waals surface area contributed by atoms with Crippen LogP contribution in [0.1, 0.15) is 31.2 Å². The molecule has 2 unspecified atom stereocenters. The SMILES string of the molecule is NC(Cc1cc(F)ccc1F)CC1CCCCO1. The van der Waals surface area contributed by atoms with Gasteiger partial charge in [-0.1, -0.05) is 0 Å². The minimum absolute atomic E-state index is 0.172. The maximum Gasteiger partial charge on any atom is 0.126 e. The third-order valence-electron chi connectivity index (χ3n) is 3.33. The van der Waals surface area contributed by atoms with Crippen LogP contribution in [0, 0.1) is 11.6 Å². The van der Waals surface area contributed by atoms with Crippen LogP contribution in [0.5, 0.6) is 0 Å². The van der Waals surface area contributed by atoms with Crippen LogP contribution in [-0.2, 0) is 11.2 Å². The molecule has 18 heavy (non-hydrogen) atoms. The van der Waals surface area contributed by atoms with Gasteiger partial charge < -0.3 is 10.5 Å². The van der Waals surface area contributed by atoms with Gasteiger partial charge in [0, 0.05) is 12.6 Å². The second kappa shape index (κ2) is 6.25. The molecule has 1 aromatic rings. The van der Waals surface area contributed by atoms with Crippen molar-refractivity contribution in [2.75, 3.05) is 6.61 Å². The van der Waals surface area contributed by atoms with Crippen LogP contribution in [0.4, 0.5) is 8.78 Å². The normalized spacial score (nSPS) is 21.8. The molecule has 1 aliphatic heterocycles. The quantitative estimate of drug-likeness (QED) is 0.898. The molecule has 4 heteroatoms. The molecular formula is C14H19F2NO. The van der Waals surface area contributed by atoms with Gasteiger partial charge in [-0.15, -0.1) is 0 Å². The van der Waals surface area contributed by atoms with Crippen LogP contribution < -0.4 is 5.73 Å². The molecule has 0 saturated carbocycles. The Hall–Kier alpha value is -1.00. The second-order valence-corrected chi connectivity index (χ2v) is 4.92. The molecular weight excluding hydrogens is 236 g/mol. The highest BCUT2D eigenvalue weighted by atomic mass is 19.1. The summed E-state index contributed by atoms with van der Waals surface area (Å²) in [7, 11) is 0. The Labute approximate surface area is 106 Å². The molecule has 0 amide bonds. The van der Waals surface area contributed by atoms with Gasteiger partial charge in [-0.25, -0.2) is 8.78 Å².